The van der Waals surface area contributed by atoms with Crippen LogP contribution in [0.3, 0.4) is 0 Å². The number of rotatable bonds is 5. The van der Waals surface area contributed by atoms with Crippen LogP contribution >= 0.6 is 11.3 Å². The van der Waals surface area contributed by atoms with Crippen LogP contribution in [0, 0.1) is 0 Å². The summed E-state index contributed by atoms with van der Waals surface area (Å²) in [5, 5.41) is 4.22. The molecular formula is C12H12F3N5O2S. The number of anilines is 1. The van der Waals surface area contributed by atoms with Crippen LogP contribution in [-0.4, -0.2) is 45.7 Å². The summed E-state index contributed by atoms with van der Waals surface area (Å²) in [5.74, 6) is -0.345. The van der Waals surface area contributed by atoms with Gasteiger partial charge in [0.05, 0.1) is 30.1 Å². The third-order valence-corrected chi connectivity index (χ3v) is 3.10. The van der Waals surface area contributed by atoms with E-state index in [0.717, 1.165) is 11.9 Å². The fraction of sp³-hybridized carbons (Fsp3) is 0.333. The summed E-state index contributed by atoms with van der Waals surface area (Å²) in [7, 11) is 1.55. The van der Waals surface area contributed by atoms with Crippen molar-refractivity contribution in [1.29, 1.82) is 0 Å². The van der Waals surface area contributed by atoms with E-state index in [-0.39, 0.29) is 18.2 Å². The first kappa shape index (κ1) is 16.9. The van der Waals surface area contributed by atoms with Gasteiger partial charge < -0.3 is 9.64 Å². The summed E-state index contributed by atoms with van der Waals surface area (Å²) in [6, 6.07) is -0.500. The van der Waals surface area contributed by atoms with Crippen molar-refractivity contribution in [2.24, 2.45) is 0 Å². The molecule has 124 valence electrons. The number of nitrogens with one attached hydrogen (secondary N) is 1. The Morgan fingerprint density at radius 3 is 2.87 bits per heavy atom. The van der Waals surface area contributed by atoms with Crippen molar-refractivity contribution >= 4 is 23.2 Å². The van der Waals surface area contributed by atoms with E-state index in [4.69, 9.17) is 0 Å². The second-order valence-electron chi connectivity index (χ2n) is 4.41. The maximum Gasteiger partial charge on any atom is 0.422 e. The molecule has 0 atom stereocenters. The van der Waals surface area contributed by atoms with Crippen LogP contribution in [0.15, 0.2) is 23.3 Å². The number of aromatic nitrogens is 3. The Hall–Kier alpha value is -2.43. The van der Waals surface area contributed by atoms with E-state index >= 15 is 0 Å². The van der Waals surface area contributed by atoms with Gasteiger partial charge in [-0.15, -0.1) is 11.3 Å². The van der Waals surface area contributed by atoms with Crippen LogP contribution in [0.4, 0.5) is 23.8 Å². The van der Waals surface area contributed by atoms with Gasteiger partial charge in [-0.05, 0) is 0 Å². The topological polar surface area (TPSA) is 80.2 Å². The number of halogens is 3. The largest absolute Gasteiger partial charge is 0.467 e. The van der Waals surface area contributed by atoms with E-state index in [9.17, 15) is 18.0 Å². The number of nitrogens with zero attached hydrogens (tertiary/aromatic N) is 4. The molecule has 1 N–H and O–H groups in total. The molecule has 0 aliphatic carbocycles. The standard InChI is InChI=1S/C12H12F3N5O2S/c1-20(4-8-5-23-7-17-8)11(21)19-9-2-16-3-10(18-9)22-6-12(13,14)15/h2-3,5,7H,4,6H2,1H3,(H,18,19,21). The van der Waals surface area contributed by atoms with Gasteiger partial charge in [-0.2, -0.15) is 18.2 Å². The number of hydrogen-bond donors (Lipinski definition) is 1. The molecule has 2 aromatic heterocycles. The molecule has 7 nitrogen and oxygen atoms in total. The molecule has 0 aromatic carbocycles. The molecule has 0 saturated carbocycles. The van der Waals surface area contributed by atoms with Crippen LogP contribution in [0.5, 0.6) is 5.88 Å². The van der Waals surface area contributed by atoms with Crippen LogP contribution < -0.4 is 10.1 Å². The zero-order valence-electron chi connectivity index (χ0n) is 11.9. The zero-order valence-corrected chi connectivity index (χ0v) is 12.7. The van der Waals surface area contributed by atoms with E-state index < -0.39 is 18.8 Å². The SMILES string of the molecule is CN(Cc1cscn1)C(=O)Nc1cncc(OCC(F)(F)F)n1. The van der Waals surface area contributed by atoms with Crippen molar-refractivity contribution in [3.8, 4) is 5.88 Å². The summed E-state index contributed by atoms with van der Waals surface area (Å²) >= 11 is 1.41. The quantitative estimate of drug-likeness (QED) is 0.899. The Kier molecular flexibility index (Phi) is 5.32. The minimum absolute atomic E-state index is 0.0141. The Labute approximate surface area is 133 Å². The predicted octanol–water partition coefficient (Wildman–Crippen LogP) is 2.54. The highest BCUT2D eigenvalue weighted by molar-refractivity contribution is 7.07. The summed E-state index contributed by atoms with van der Waals surface area (Å²) in [4.78, 5) is 24.8. The third kappa shape index (κ3) is 5.70. The minimum Gasteiger partial charge on any atom is -0.467 e. The van der Waals surface area contributed by atoms with Gasteiger partial charge in [-0.3, -0.25) is 10.3 Å². The van der Waals surface area contributed by atoms with Crippen LogP contribution in [0.2, 0.25) is 0 Å². The number of alkyl halides is 3. The van der Waals surface area contributed by atoms with Crippen LogP contribution in [0.25, 0.3) is 0 Å². The summed E-state index contributed by atoms with van der Waals surface area (Å²) < 4.78 is 40.7. The van der Waals surface area contributed by atoms with E-state index in [1.165, 1.54) is 22.4 Å². The van der Waals surface area contributed by atoms with Crippen molar-refractivity contribution in [3.63, 3.8) is 0 Å². The zero-order chi connectivity index (χ0) is 16.9. The van der Waals surface area contributed by atoms with Crippen molar-refractivity contribution in [3.05, 3.63) is 29.0 Å². The molecule has 0 aliphatic rings. The lowest BCUT2D eigenvalue weighted by atomic mass is 10.4. The molecule has 23 heavy (non-hydrogen) atoms. The molecule has 0 saturated heterocycles. The highest BCUT2D eigenvalue weighted by Gasteiger charge is 2.28. The van der Waals surface area contributed by atoms with Gasteiger partial charge in [0.15, 0.2) is 12.4 Å². The average molecular weight is 347 g/mol. The van der Waals surface area contributed by atoms with Gasteiger partial charge in [0.25, 0.3) is 0 Å². The second kappa shape index (κ2) is 7.22. The summed E-state index contributed by atoms with van der Waals surface area (Å²) in [5.41, 5.74) is 2.37. The Balaban J connectivity index is 1.92. The fourth-order valence-electron chi connectivity index (χ4n) is 1.47. The van der Waals surface area contributed by atoms with Gasteiger partial charge in [0.1, 0.15) is 0 Å². The lowest BCUT2D eigenvalue weighted by Crippen LogP contribution is -2.31. The molecular weight excluding hydrogens is 335 g/mol. The van der Waals surface area contributed by atoms with Crippen LogP contribution in [0.1, 0.15) is 5.69 Å². The molecule has 0 aliphatic heterocycles. The van der Waals surface area contributed by atoms with E-state index in [1.54, 1.807) is 17.9 Å². The van der Waals surface area contributed by atoms with E-state index in [2.05, 4.69) is 25.0 Å². The molecule has 0 bridgehead atoms. The second-order valence-corrected chi connectivity index (χ2v) is 5.13. The Morgan fingerprint density at radius 2 is 2.22 bits per heavy atom. The number of ether oxygens (including phenoxy) is 1. The number of amides is 2. The lowest BCUT2D eigenvalue weighted by molar-refractivity contribution is -0.154. The Morgan fingerprint density at radius 1 is 1.43 bits per heavy atom. The highest BCUT2D eigenvalue weighted by Crippen LogP contribution is 2.17. The van der Waals surface area contributed by atoms with Crippen molar-refractivity contribution < 1.29 is 22.7 Å². The van der Waals surface area contributed by atoms with E-state index in [1.807, 2.05) is 0 Å². The first-order chi connectivity index (χ1) is 10.8. The van der Waals surface area contributed by atoms with Crippen molar-refractivity contribution in [2.45, 2.75) is 12.7 Å². The smallest absolute Gasteiger partial charge is 0.422 e. The van der Waals surface area contributed by atoms with Gasteiger partial charge in [-0.1, -0.05) is 0 Å². The molecule has 2 heterocycles. The van der Waals surface area contributed by atoms with Gasteiger partial charge in [0, 0.05) is 12.4 Å². The Bertz CT molecular complexity index is 650. The maximum atomic E-state index is 12.1. The highest BCUT2D eigenvalue weighted by atomic mass is 32.1. The van der Waals surface area contributed by atoms with Crippen LogP contribution in [-0.2, 0) is 6.54 Å². The molecule has 0 spiro atoms. The number of carbonyl (C=O) groups excluding carboxylic acids is 1. The molecule has 2 amide bonds. The number of carbonyl (C=O) groups is 1. The monoisotopic (exact) mass is 347 g/mol. The number of thiazole rings is 1. The van der Waals surface area contributed by atoms with Gasteiger partial charge in [-0.25, -0.2) is 9.78 Å². The minimum atomic E-state index is -4.48. The molecule has 2 aromatic rings. The summed E-state index contributed by atoms with van der Waals surface area (Å²) in [6.45, 7) is -1.20. The van der Waals surface area contributed by atoms with Crippen molar-refractivity contribution in [1.82, 2.24) is 19.9 Å². The fourth-order valence-corrected chi connectivity index (χ4v) is 2.02. The molecule has 11 heteroatoms. The first-order valence-corrected chi connectivity index (χ1v) is 7.18. The molecule has 2 rings (SSSR count). The normalized spacial score (nSPS) is 11.1. The number of urea groups is 1. The van der Waals surface area contributed by atoms with Gasteiger partial charge >= 0.3 is 12.2 Å². The van der Waals surface area contributed by atoms with Crippen molar-refractivity contribution in [2.75, 3.05) is 19.0 Å². The maximum absolute atomic E-state index is 12.1. The average Bonchev–Trinajstić information content (AvgIpc) is 2.97. The van der Waals surface area contributed by atoms with E-state index in [0.29, 0.717) is 0 Å². The molecule has 0 radical (unpaired) electrons. The summed E-state index contributed by atoms with van der Waals surface area (Å²) in [6.07, 6.45) is -2.25. The number of hydrogen-bond acceptors (Lipinski definition) is 6. The third-order valence-electron chi connectivity index (χ3n) is 2.46. The molecule has 0 unspecified atom stereocenters. The lowest BCUT2D eigenvalue weighted by Gasteiger charge is -2.16. The molecule has 0 fully saturated rings. The van der Waals surface area contributed by atoms with Gasteiger partial charge in [0.2, 0.25) is 5.88 Å². The predicted molar refractivity (Wildman–Crippen MR) is 76.2 cm³/mol. The first-order valence-electron chi connectivity index (χ1n) is 6.24.